The molecule has 0 aliphatic heterocycles. The Morgan fingerprint density at radius 3 is 2.53 bits per heavy atom. The van der Waals surface area contributed by atoms with Gasteiger partial charge in [0.15, 0.2) is 0 Å². The van der Waals surface area contributed by atoms with Crippen molar-refractivity contribution >= 4 is 19.2 Å². The van der Waals surface area contributed by atoms with Gasteiger partial charge >= 0.3 is 7.60 Å². The van der Waals surface area contributed by atoms with Crippen molar-refractivity contribution < 1.29 is 14.0 Å². The second-order valence-electron chi connectivity index (χ2n) is 4.15. The van der Waals surface area contributed by atoms with Gasteiger partial charge in [0, 0.05) is 12.1 Å². The van der Waals surface area contributed by atoms with Crippen molar-refractivity contribution in [2.75, 3.05) is 7.11 Å². The predicted octanol–water partition coefficient (Wildman–Crippen LogP) is 4.34. The number of rotatable bonds is 4. The quantitative estimate of drug-likeness (QED) is 0.854. The lowest BCUT2D eigenvalue weighted by Gasteiger charge is -2.13. The molecule has 2 rings (SSSR count). The Hall–Kier alpha value is -1.12. The van der Waals surface area contributed by atoms with Crippen molar-refractivity contribution in [1.82, 2.24) is 0 Å². The highest BCUT2D eigenvalue weighted by Crippen LogP contribution is 2.46. The summed E-state index contributed by atoms with van der Waals surface area (Å²) in [7, 11) is -2.39. The number of hydrogen-bond donors (Lipinski definition) is 1. The molecule has 0 spiro atoms. The van der Waals surface area contributed by atoms with Crippen LogP contribution in [-0.4, -0.2) is 12.0 Å². The molecule has 0 fully saturated rings. The van der Waals surface area contributed by atoms with Gasteiger partial charge in [-0.2, -0.15) is 0 Å². The molecule has 100 valence electrons. The number of benzene rings is 2. The lowest BCUT2D eigenvalue weighted by molar-refractivity contribution is 0.314. The van der Waals surface area contributed by atoms with E-state index in [2.05, 4.69) is 4.52 Å². The van der Waals surface area contributed by atoms with E-state index in [9.17, 15) is 9.46 Å². The van der Waals surface area contributed by atoms with Gasteiger partial charge in [-0.15, -0.1) is 0 Å². The highest BCUT2D eigenvalue weighted by molar-refractivity contribution is 7.51. The standard InChI is InChI=1S/C14H14ClO3P/c1-18-19(16,17)10-12-9-13(15)7-8-14(12)11-5-3-2-4-6-11/h2-9H,10H2,1H3,(H,16,17). The Labute approximate surface area is 117 Å². The van der Waals surface area contributed by atoms with Crippen molar-refractivity contribution in [3.63, 3.8) is 0 Å². The van der Waals surface area contributed by atoms with E-state index in [4.69, 9.17) is 11.6 Å². The zero-order valence-corrected chi connectivity index (χ0v) is 12.1. The Balaban J connectivity index is 2.48. The van der Waals surface area contributed by atoms with E-state index in [1.165, 1.54) is 7.11 Å². The zero-order chi connectivity index (χ0) is 13.9. The minimum Gasteiger partial charge on any atom is -0.324 e. The Morgan fingerprint density at radius 1 is 1.21 bits per heavy atom. The van der Waals surface area contributed by atoms with Crippen LogP contribution in [0.25, 0.3) is 11.1 Å². The monoisotopic (exact) mass is 296 g/mol. The molecule has 0 saturated carbocycles. The van der Waals surface area contributed by atoms with Crippen LogP contribution in [0.3, 0.4) is 0 Å². The van der Waals surface area contributed by atoms with Gasteiger partial charge < -0.3 is 9.42 Å². The highest BCUT2D eigenvalue weighted by Gasteiger charge is 2.20. The van der Waals surface area contributed by atoms with Gasteiger partial charge in [0.25, 0.3) is 0 Å². The first kappa shape index (κ1) is 14.3. The average molecular weight is 297 g/mol. The molecule has 2 aromatic carbocycles. The topological polar surface area (TPSA) is 46.5 Å². The summed E-state index contributed by atoms with van der Waals surface area (Å²) in [6, 6.07) is 15.0. The van der Waals surface area contributed by atoms with Crippen molar-refractivity contribution in [2.45, 2.75) is 6.16 Å². The Morgan fingerprint density at radius 2 is 1.89 bits per heavy atom. The largest absolute Gasteiger partial charge is 0.332 e. The van der Waals surface area contributed by atoms with Crippen molar-refractivity contribution in [1.29, 1.82) is 0 Å². The SMILES string of the molecule is COP(=O)(O)Cc1cc(Cl)ccc1-c1ccccc1. The van der Waals surface area contributed by atoms with Crippen LogP contribution in [0, 0.1) is 0 Å². The molecule has 0 radical (unpaired) electrons. The maximum absolute atomic E-state index is 11.7. The third kappa shape index (κ3) is 3.68. The molecular weight excluding hydrogens is 283 g/mol. The van der Waals surface area contributed by atoms with Gasteiger partial charge in [-0.25, -0.2) is 0 Å². The molecule has 1 unspecified atom stereocenters. The first-order valence-corrected chi connectivity index (χ1v) is 7.87. The Bertz CT molecular complexity index is 613. The van der Waals surface area contributed by atoms with E-state index in [-0.39, 0.29) is 6.16 Å². The molecule has 19 heavy (non-hydrogen) atoms. The van der Waals surface area contributed by atoms with Gasteiger partial charge in [-0.1, -0.05) is 48.0 Å². The summed E-state index contributed by atoms with van der Waals surface area (Å²) in [5, 5.41) is 0.533. The van der Waals surface area contributed by atoms with Crippen LogP contribution in [0.4, 0.5) is 0 Å². The fraction of sp³-hybridized carbons (Fsp3) is 0.143. The van der Waals surface area contributed by atoms with E-state index in [1.54, 1.807) is 12.1 Å². The maximum Gasteiger partial charge on any atom is 0.332 e. The van der Waals surface area contributed by atoms with Gasteiger partial charge in [-0.05, 0) is 28.8 Å². The molecule has 0 heterocycles. The molecular formula is C14H14ClO3P. The molecule has 1 atom stereocenters. The summed E-state index contributed by atoms with van der Waals surface area (Å²) >= 11 is 5.96. The summed E-state index contributed by atoms with van der Waals surface area (Å²) in [6.45, 7) is 0. The van der Waals surface area contributed by atoms with Gasteiger partial charge in [-0.3, -0.25) is 4.57 Å². The smallest absolute Gasteiger partial charge is 0.324 e. The number of halogens is 1. The molecule has 0 amide bonds. The number of hydrogen-bond acceptors (Lipinski definition) is 2. The molecule has 0 aliphatic carbocycles. The minimum atomic E-state index is -3.62. The van der Waals surface area contributed by atoms with E-state index in [0.29, 0.717) is 10.6 Å². The fourth-order valence-electron chi connectivity index (χ4n) is 1.87. The molecule has 0 bridgehead atoms. The second-order valence-corrected chi connectivity index (χ2v) is 6.54. The van der Waals surface area contributed by atoms with Crippen molar-refractivity contribution in [3.8, 4) is 11.1 Å². The van der Waals surface area contributed by atoms with Crippen LogP contribution in [-0.2, 0) is 15.3 Å². The molecule has 0 aromatic heterocycles. The molecule has 0 saturated heterocycles. The maximum atomic E-state index is 11.7. The first-order valence-electron chi connectivity index (χ1n) is 5.73. The van der Waals surface area contributed by atoms with Gasteiger partial charge in [0.1, 0.15) is 0 Å². The van der Waals surface area contributed by atoms with Crippen LogP contribution < -0.4 is 0 Å². The average Bonchev–Trinajstić information content (AvgIpc) is 2.39. The first-order chi connectivity index (χ1) is 9.02. The highest BCUT2D eigenvalue weighted by atomic mass is 35.5. The summed E-state index contributed by atoms with van der Waals surface area (Å²) in [5.41, 5.74) is 2.56. The van der Waals surface area contributed by atoms with E-state index in [1.807, 2.05) is 36.4 Å². The van der Waals surface area contributed by atoms with Crippen LogP contribution in [0.2, 0.25) is 5.02 Å². The predicted molar refractivity (Wildman–Crippen MR) is 77.4 cm³/mol. The van der Waals surface area contributed by atoms with Crippen LogP contribution in [0.15, 0.2) is 48.5 Å². The molecule has 2 aromatic rings. The van der Waals surface area contributed by atoms with Crippen LogP contribution >= 0.6 is 19.2 Å². The van der Waals surface area contributed by atoms with E-state index >= 15 is 0 Å². The lowest BCUT2D eigenvalue weighted by Crippen LogP contribution is -1.94. The normalized spacial score (nSPS) is 14.1. The summed E-state index contributed by atoms with van der Waals surface area (Å²) in [6.07, 6.45) is -0.0612. The van der Waals surface area contributed by atoms with Crippen LogP contribution in [0.1, 0.15) is 5.56 Å². The van der Waals surface area contributed by atoms with Crippen LogP contribution in [0.5, 0.6) is 0 Å². The third-order valence-electron chi connectivity index (χ3n) is 2.81. The van der Waals surface area contributed by atoms with Crippen molar-refractivity contribution in [3.05, 3.63) is 59.1 Å². The van der Waals surface area contributed by atoms with E-state index < -0.39 is 7.60 Å². The molecule has 0 aliphatic rings. The molecule has 1 N–H and O–H groups in total. The second kappa shape index (κ2) is 5.89. The minimum absolute atomic E-state index is 0.0612. The Kier molecular flexibility index (Phi) is 4.43. The molecule has 5 heteroatoms. The van der Waals surface area contributed by atoms with Crippen molar-refractivity contribution in [2.24, 2.45) is 0 Å². The summed E-state index contributed by atoms with van der Waals surface area (Å²) in [5.74, 6) is 0. The van der Waals surface area contributed by atoms with Gasteiger partial charge in [0.2, 0.25) is 0 Å². The third-order valence-corrected chi connectivity index (χ3v) is 4.35. The lowest BCUT2D eigenvalue weighted by atomic mass is 10.0. The molecule has 3 nitrogen and oxygen atoms in total. The summed E-state index contributed by atoms with van der Waals surface area (Å²) in [4.78, 5) is 9.63. The zero-order valence-electron chi connectivity index (χ0n) is 10.4. The summed E-state index contributed by atoms with van der Waals surface area (Å²) < 4.78 is 16.4. The van der Waals surface area contributed by atoms with Gasteiger partial charge in [0.05, 0.1) is 6.16 Å². The fourth-order valence-corrected chi connectivity index (χ4v) is 2.89. The van der Waals surface area contributed by atoms with E-state index in [0.717, 1.165) is 11.1 Å².